The topological polar surface area (TPSA) is 70.8 Å². The molecule has 0 aliphatic rings. The van der Waals surface area contributed by atoms with Crippen molar-refractivity contribution in [2.75, 3.05) is 13.6 Å². The first-order valence-electron chi connectivity index (χ1n) is 4.53. The van der Waals surface area contributed by atoms with Gasteiger partial charge in [0.25, 0.3) is 5.91 Å². The molecule has 0 bridgehead atoms. The van der Waals surface area contributed by atoms with Crippen molar-refractivity contribution in [2.24, 2.45) is 0 Å². The SMILES string of the molecule is Cc1cc(C(=O)N(C)CCC(=O)O)co1. The second-order valence-corrected chi connectivity index (χ2v) is 3.32. The van der Waals surface area contributed by atoms with Crippen LogP contribution in [0.25, 0.3) is 0 Å². The van der Waals surface area contributed by atoms with Crippen LogP contribution in [0, 0.1) is 6.92 Å². The smallest absolute Gasteiger partial charge is 0.305 e. The third-order valence-corrected chi connectivity index (χ3v) is 1.99. The van der Waals surface area contributed by atoms with Gasteiger partial charge in [0.15, 0.2) is 0 Å². The number of amides is 1. The zero-order chi connectivity index (χ0) is 11.4. The Hall–Kier alpha value is -1.78. The third-order valence-electron chi connectivity index (χ3n) is 1.99. The van der Waals surface area contributed by atoms with Crippen molar-refractivity contribution >= 4 is 11.9 Å². The van der Waals surface area contributed by atoms with Crippen molar-refractivity contribution < 1.29 is 19.1 Å². The Bertz CT molecular complexity index is 369. The molecule has 15 heavy (non-hydrogen) atoms. The molecule has 0 saturated heterocycles. The van der Waals surface area contributed by atoms with Crippen LogP contribution in [0.5, 0.6) is 0 Å². The van der Waals surface area contributed by atoms with E-state index in [0.29, 0.717) is 11.3 Å². The summed E-state index contributed by atoms with van der Waals surface area (Å²) in [6, 6.07) is 1.62. The molecule has 0 unspecified atom stereocenters. The van der Waals surface area contributed by atoms with Gasteiger partial charge in [-0.3, -0.25) is 9.59 Å². The molecule has 1 N–H and O–H groups in total. The summed E-state index contributed by atoms with van der Waals surface area (Å²) in [7, 11) is 1.56. The van der Waals surface area contributed by atoms with E-state index in [1.54, 1.807) is 20.0 Å². The van der Waals surface area contributed by atoms with E-state index in [1.807, 2.05) is 0 Å². The van der Waals surface area contributed by atoms with Gasteiger partial charge in [0.05, 0.1) is 12.0 Å². The molecule has 1 amide bonds. The summed E-state index contributed by atoms with van der Waals surface area (Å²) in [6.07, 6.45) is 1.31. The number of hydrogen-bond acceptors (Lipinski definition) is 3. The maximum atomic E-state index is 11.6. The summed E-state index contributed by atoms with van der Waals surface area (Å²) in [6.45, 7) is 1.94. The van der Waals surface area contributed by atoms with E-state index in [4.69, 9.17) is 9.52 Å². The monoisotopic (exact) mass is 211 g/mol. The predicted molar refractivity (Wildman–Crippen MR) is 52.7 cm³/mol. The minimum atomic E-state index is -0.918. The Balaban J connectivity index is 2.57. The van der Waals surface area contributed by atoms with Gasteiger partial charge in [-0.15, -0.1) is 0 Å². The zero-order valence-corrected chi connectivity index (χ0v) is 8.69. The van der Waals surface area contributed by atoms with Crippen LogP contribution in [0.1, 0.15) is 22.5 Å². The first-order chi connectivity index (χ1) is 7.00. The molecule has 1 aromatic rings. The van der Waals surface area contributed by atoms with E-state index >= 15 is 0 Å². The van der Waals surface area contributed by atoms with Crippen LogP contribution in [0.3, 0.4) is 0 Å². The lowest BCUT2D eigenvalue weighted by Gasteiger charge is -2.14. The molecular weight excluding hydrogens is 198 g/mol. The number of aliphatic carboxylic acids is 1. The minimum absolute atomic E-state index is 0.0565. The van der Waals surface area contributed by atoms with Crippen LogP contribution in [-0.4, -0.2) is 35.5 Å². The Labute approximate surface area is 87.3 Å². The van der Waals surface area contributed by atoms with E-state index in [9.17, 15) is 9.59 Å². The highest BCUT2D eigenvalue weighted by Gasteiger charge is 2.14. The highest BCUT2D eigenvalue weighted by atomic mass is 16.4. The van der Waals surface area contributed by atoms with Crippen LogP contribution >= 0.6 is 0 Å². The van der Waals surface area contributed by atoms with Gasteiger partial charge in [0.1, 0.15) is 12.0 Å². The molecule has 0 saturated carbocycles. The van der Waals surface area contributed by atoms with Crippen LogP contribution in [-0.2, 0) is 4.79 Å². The largest absolute Gasteiger partial charge is 0.481 e. The fraction of sp³-hybridized carbons (Fsp3) is 0.400. The van der Waals surface area contributed by atoms with E-state index in [1.165, 1.54) is 11.2 Å². The van der Waals surface area contributed by atoms with Crippen molar-refractivity contribution in [1.29, 1.82) is 0 Å². The standard InChI is InChI=1S/C10H13NO4/c1-7-5-8(6-15-7)10(14)11(2)4-3-9(12)13/h5-6H,3-4H2,1-2H3,(H,12,13). The Morgan fingerprint density at radius 3 is 2.67 bits per heavy atom. The average molecular weight is 211 g/mol. The van der Waals surface area contributed by atoms with Crippen LogP contribution < -0.4 is 0 Å². The molecule has 0 aromatic carbocycles. The fourth-order valence-corrected chi connectivity index (χ4v) is 1.14. The number of carboxylic acid groups (broad SMARTS) is 1. The summed E-state index contributed by atoms with van der Waals surface area (Å²) < 4.78 is 5.00. The lowest BCUT2D eigenvalue weighted by Crippen LogP contribution is -2.28. The summed E-state index contributed by atoms with van der Waals surface area (Å²) in [5.74, 6) is -0.490. The number of nitrogens with zero attached hydrogens (tertiary/aromatic N) is 1. The van der Waals surface area contributed by atoms with Gasteiger partial charge in [-0.05, 0) is 13.0 Å². The number of furan rings is 1. The molecule has 0 aliphatic heterocycles. The highest BCUT2D eigenvalue weighted by Crippen LogP contribution is 2.08. The average Bonchev–Trinajstić information content (AvgIpc) is 2.60. The summed E-state index contributed by atoms with van der Waals surface area (Å²) in [5.41, 5.74) is 0.445. The van der Waals surface area contributed by atoms with Crippen molar-refractivity contribution in [3.05, 3.63) is 23.7 Å². The van der Waals surface area contributed by atoms with Crippen molar-refractivity contribution in [1.82, 2.24) is 4.90 Å². The molecule has 0 spiro atoms. The molecule has 1 rings (SSSR count). The number of hydrogen-bond donors (Lipinski definition) is 1. The van der Waals surface area contributed by atoms with Gasteiger partial charge in [-0.25, -0.2) is 0 Å². The van der Waals surface area contributed by atoms with E-state index in [0.717, 1.165) is 0 Å². The third kappa shape index (κ3) is 3.12. The maximum Gasteiger partial charge on any atom is 0.305 e. The van der Waals surface area contributed by atoms with Crippen LogP contribution in [0.15, 0.2) is 16.7 Å². The predicted octanol–water partition coefficient (Wildman–Crippen LogP) is 1.13. The molecular formula is C10H13NO4. The van der Waals surface area contributed by atoms with E-state index < -0.39 is 5.97 Å². The van der Waals surface area contributed by atoms with Crippen molar-refractivity contribution in [3.63, 3.8) is 0 Å². The molecule has 1 aromatic heterocycles. The number of carbonyl (C=O) groups excluding carboxylic acids is 1. The maximum absolute atomic E-state index is 11.6. The minimum Gasteiger partial charge on any atom is -0.481 e. The number of aryl methyl sites for hydroxylation is 1. The molecule has 82 valence electrons. The highest BCUT2D eigenvalue weighted by molar-refractivity contribution is 5.94. The first kappa shape index (κ1) is 11.3. The zero-order valence-electron chi connectivity index (χ0n) is 8.69. The van der Waals surface area contributed by atoms with Gasteiger partial charge < -0.3 is 14.4 Å². The van der Waals surface area contributed by atoms with Gasteiger partial charge in [0, 0.05) is 13.6 Å². The van der Waals surface area contributed by atoms with Gasteiger partial charge >= 0.3 is 5.97 Å². The molecule has 5 nitrogen and oxygen atoms in total. The lowest BCUT2D eigenvalue weighted by molar-refractivity contribution is -0.137. The number of carboxylic acids is 1. The second-order valence-electron chi connectivity index (χ2n) is 3.32. The van der Waals surface area contributed by atoms with Gasteiger partial charge in [0.2, 0.25) is 0 Å². The molecule has 1 heterocycles. The van der Waals surface area contributed by atoms with Crippen molar-refractivity contribution in [3.8, 4) is 0 Å². The van der Waals surface area contributed by atoms with Crippen LogP contribution in [0.4, 0.5) is 0 Å². The first-order valence-corrected chi connectivity index (χ1v) is 4.53. The summed E-state index contributed by atoms with van der Waals surface area (Å²) >= 11 is 0. The lowest BCUT2D eigenvalue weighted by atomic mass is 10.2. The Kier molecular flexibility index (Phi) is 3.49. The Morgan fingerprint density at radius 1 is 1.53 bits per heavy atom. The van der Waals surface area contributed by atoms with Crippen LogP contribution in [0.2, 0.25) is 0 Å². The van der Waals surface area contributed by atoms with Gasteiger partial charge in [-0.2, -0.15) is 0 Å². The van der Waals surface area contributed by atoms with Crippen molar-refractivity contribution in [2.45, 2.75) is 13.3 Å². The molecule has 0 atom stereocenters. The summed E-state index contributed by atoms with van der Waals surface area (Å²) in [4.78, 5) is 23.3. The quantitative estimate of drug-likeness (QED) is 0.810. The molecule has 0 radical (unpaired) electrons. The number of carbonyl (C=O) groups is 2. The van der Waals surface area contributed by atoms with E-state index in [-0.39, 0.29) is 18.9 Å². The van der Waals surface area contributed by atoms with Gasteiger partial charge in [-0.1, -0.05) is 0 Å². The molecule has 0 fully saturated rings. The Morgan fingerprint density at radius 2 is 2.20 bits per heavy atom. The van der Waals surface area contributed by atoms with E-state index in [2.05, 4.69) is 0 Å². The molecule has 0 aliphatic carbocycles. The number of rotatable bonds is 4. The normalized spacial score (nSPS) is 10.0. The molecule has 5 heteroatoms. The second kappa shape index (κ2) is 4.63. The summed E-state index contributed by atoms with van der Waals surface area (Å²) in [5, 5.41) is 8.46. The fourth-order valence-electron chi connectivity index (χ4n) is 1.14.